The van der Waals surface area contributed by atoms with Crippen molar-refractivity contribution in [2.45, 2.75) is 77.9 Å². The molecule has 6 unspecified atom stereocenters. The molecule has 1 heteroatoms. The second kappa shape index (κ2) is 2.35. The van der Waals surface area contributed by atoms with Gasteiger partial charge in [0.15, 0.2) is 0 Å². The van der Waals surface area contributed by atoms with Gasteiger partial charge in [0.25, 0.3) is 0 Å². The van der Waals surface area contributed by atoms with Gasteiger partial charge in [-0.2, -0.15) is 0 Å². The lowest BCUT2D eigenvalue weighted by molar-refractivity contribution is -0.210. The maximum Gasteiger partial charge on any atom is 0.0780 e. The van der Waals surface area contributed by atoms with E-state index < -0.39 is 0 Å². The third-order valence-corrected chi connectivity index (χ3v) is 8.38. The van der Waals surface area contributed by atoms with E-state index in [1.54, 1.807) is 0 Å². The summed E-state index contributed by atoms with van der Waals surface area (Å²) in [5, 5.41) is 0. The molecule has 1 spiro atoms. The Morgan fingerprint density at radius 1 is 1.06 bits per heavy atom. The molecule has 0 N–H and O–H groups in total. The molecule has 1 saturated heterocycles. The molecule has 96 valence electrons. The fourth-order valence-electron chi connectivity index (χ4n) is 7.10. The highest BCUT2D eigenvalue weighted by Gasteiger charge is 2.88. The van der Waals surface area contributed by atoms with Gasteiger partial charge in [-0.15, -0.1) is 0 Å². The van der Waals surface area contributed by atoms with Gasteiger partial charge in [-0.05, 0) is 51.9 Å². The largest absolute Gasteiger partial charge is 0.367 e. The average molecular weight is 234 g/mol. The standard InChI is InChI=1S/C16H26O/c1-11-9-16-8-6-7-14(4)13(16,3)10-12(11,2)15(16,5)17-14/h11H,6-10H2,1-5H3. The zero-order chi connectivity index (χ0) is 12.3. The van der Waals surface area contributed by atoms with Crippen LogP contribution in [0.15, 0.2) is 0 Å². The Kier molecular flexibility index (Phi) is 1.50. The minimum atomic E-state index is 0.152. The molecular weight excluding hydrogens is 208 g/mol. The summed E-state index contributed by atoms with van der Waals surface area (Å²) in [6, 6.07) is 0. The molecule has 0 amide bonds. The molecule has 1 heterocycles. The lowest BCUT2D eigenvalue weighted by Crippen LogP contribution is -2.55. The fourth-order valence-corrected chi connectivity index (χ4v) is 7.10. The van der Waals surface area contributed by atoms with Gasteiger partial charge in [0.1, 0.15) is 0 Å². The topological polar surface area (TPSA) is 9.23 Å². The van der Waals surface area contributed by atoms with E-state index in [9.17, 15) is 0 Å². The molecule has 0 aromatic heterocycles. The minimum Gasteiger partial charge on any atom is -0.367 e. The lowest BCUT2D eigenvalue weighted by Gasteiger charge is -2.56. The van der Waals surface area contributed by atoms with Crippen molar-refractivity contribution in [3.8, 4) is 0 Å². The third kappa shape index (κ3) is 0.694. The Balaban J connectivity index is 2.02. The Hall–Kier alpha value is -0.0400. The van der Waals surface area contributed by atoms with Crippen molar-refractivity contribution in [2.24, 2.45) is 22.2 Å². The molecular formula is C16H26O. The molecule has 0 aromatic rings. The predicted molar refractivity (Wildman–Crippen MR) is 68.8 cm³/mol. The summed E-state index contributed by atoms with van der Waals surface area (Å²) >= 11 is 0. The molecule has 0 aromatic carbocycles. The summed E-state index contributed by atoms with van der Waals surface area (Å²) in [5.41, 5.74) is 1.67. The molecule has 6 atom stereocenters. The summed E-state index contributed by atoms with van der Waals surface area (Å²) in [5.74, 6) is 0.836. The first-order valence-corrected chi connectivity index (χ1v) is 7.45. The van der Waals surface area contributed by atoms with Gasteiger partial charge in [0.05, 0.1) is 11.2 Å². The Bertz CT molecular complexity index is 418. The minimum absolute atomic E-state index is 0.152. The normalized spacial score (nSPS) is 72.2. The lowest BCUT2D eigenvalue weighted by atomic mass is 9.49. The van der Waals surface area contributed by atoms with Crippen LogP contribution in [0.4, 0.5) is 0 Å². The summed E-state index contributed by atoms with van der Waals surface area (Å²) in [6.45, 7) is 12.4. The van der Waals surface area contributed by atoms with Crippen LogP contribution in [0.5, 0.6) is 0 Å². The van der Waals surface area contributed by atoms with Gasteiger partial charge in [-0.25, -0.2) is 0 Å². The van der Waals surface area contributed by atoms with Gasteiger partial charge >= 0.3 is 0 Å². The van der Waals surface area contributed by atoms with Crippen LogP contribution in [0.2, 0.25) is 0 Å². The van der Waals surface area contributed by atoms with Crippen molar-refractivity contribution in [1.29, 1.82) is 0 Å². The highest BCUT2D eigenvalue weighted by atomic mass is 16.5. The van der Waals surface area contributed by atoms with Crippen molar-refractivity contribution in [3.63, 3.8) is 0 Å². The van der Waals surface area contributed by atoms with Crippen molar-refractivity contribution in [2.75, 3.05) is 0 Å². The van der Waals surface area contributed by atoms with E-state index in [1.165, 1.54) is 32.1 Å². The molecule has 5 bridgehead atoms. The molecule has 3 saturated carbocycles. The number of hydrogen-bond acceptors (Lipinski definition) is 1. The van der Waals surface area contributed by atoms with Crippen LogP contribution in [0, 0.1) is 22.2 Å². The number of ether oxygens (including phenoxy) is 1. The first-order chi connectivity index (χ1) is 7.75. The van der Waals surface area contributed by atoms with Crippen LogP contribution >= 0.6 is 0 Å². The monoisotopic (exact) mass is 234 g/mol. The first kappa shape index (κ1) is 10.8. The van der Waals surface area contributed by atoms with Gasteiger partial charge in [0, 0.05) is 16.2 Å². The van der Waals surface area contributed by atoms with Crippen molar-refractivity contribution >= 4 is 0 Å². The molecule has 3 aliphatic carbocycles. The van der Waals surface area contributed by atoms with Crippen LogP contribution in [-0.2, 0) is 4.74 Å². The number of rotatable bonds is 0. The second-order valence-corrected chi connectivity index (χ2v) is 8.33. The Morgan fingerprint density at radius 3 is 2.47 bits per heavy atom. The van der Waals surface area contributed by atoms with Crippen LogP contribution < -0.4 is 0 Å². The predicted octanol–water partition coefficient (Wildman–Crippen LogP) is 4.16. The molecule has 4 rings (SSSR count). The van der Waals surface area contributed by atoms with Gasteiger partial charge in [-0.3, -0.25) is 0 Å². The molecule has 0 radical (unpaired) electrons. The first-order valence-electron chi connectivity index (χ1n) is 7.45. The summed E-state index contributed by atoms with van der Waals surface area (Å²) < 4.78 is 6.81. The quantitative estimate of drug-likeness (QED) is 0.611. The highest BCUT2D eigenvalue weighted by molar-refractivity contribution is 5.36. The van der Waals surface area contributed by atoms with E-state index in [2.05, 4.69) is 34.6 Å². The van der Waals surface area contributed by atoms with Crippen LogP contribution in [0.25, 0.3) is 0 Å². The van der Waals surface area contributed by atoms with Gasteiger partial charge < -0.3 is 4.74 Å². The molecule has 1 nitrogen and oxygen atoms in total. The van der Waals surface area contributed by atoms with Crippen LogP contribution in [0.3, 0.4) is 0 Å². The molecule has 4 fully saturated rings. The maximum absolute atomic E-state index is 6.81. The summed E-state index contributed by atoms with van der Waals surface area (Å²) in [7, 11) is 0. The highest BCUT2D eigenvalue weighted by Crippen LogP contribution is 2.87. The van der Waals surface area contributed by atoms with Crippen molar-refractivity contribution in [1.82, 2.24) is 0 Å². The zero-order valence-corrected chi connectivity index (χ0v) is 12.0. The fraction of sp³-hybridized carbons (Fsp3) is 1.00. The molecule has 1 aliphatic heterocycles. The molecule has 17 heavy (non-hydrogen) atoms. The molecule has 4 aliphatic rings. The van der Waals surface area contributed by atoms with Crippen LogP contribution in [-0.4, -0.2) is 11.2 Å². The average Bonchev–Trinajstić information content (AvgIpc) is 2.49. The third-order valence-electron chi connectivity index (χ3n) is 8.38. The summed E-state index contributed by atoms with van der Waals surface area (Å²) in [4.78, 5) is 0. The number of hydrogen-bond donors (Lipinski definition) is 0. The van der Waals surface area contributed by atoms with Gasteiger partial charge in [0.2, 0.25) is 0 Å². The van der Waals surface area contributed by atoms with E-state index in [4.69, 9.17) is 4.74 Å². The SMILES string of the molecule is CC1CC23CCCC4(C)OC2(C)C1(C)CC43C. The zero-order valence-electron chi connectivity index (χ0n) is 12.0. The van der Waals surface area contributed by atoms with Gasteiger partial charge in [-0.1, -0.05) is 20.8 Å². The summed E-state index contributed by atoms with van der Waals surface area (Å²) in [6.07, 6.45) is 6.88. The van der Waals surface area contributed by atoms with E-state index in [0.29, 0.717) is 16.2 Å². The Labute approximate surface area is 105 Å². The maximum atomic E-state index is 6.81. The Morgan fingerprint density at radius 2 is 1.76 bits per heavy atom. The smallest absolute Gasteiger partial charge is 0.0780 e. The van der Waals surface area contributed by atoms with E-state index in [-0.39, 0.29) is 11.2 Å². The van der Waals surface area contributed by atoms with Crippen molar-refractivity contribution in [3.05, 3.63) is 0 Å². The second-order valence-electron chi connectivity index (χ2n) is 8.33. The van der Waals surface area contributed by atoms with Crippen LogP contribution in [0.1, 0.15) is 66.7 Å². The van der Waals surface area contributed by atoms with E-state index >= 15 is 0 Å². The van der Waals surface area contributed by atoms with Crippen molar-refractivity contribution < 1.29 is 4.74 Å². The van der Waals surface area contributed by atoms with E-state index in [1.807, 2.05) is 0 Å². The van der Waals surface area contributed by atoms with E-state index in [0.717, 1.165) is 5.92 Å².